The molecule has 2 aliphatic heterocycles. The van der Waals surface area contributed by atoms with Crippen LogP contribution in [0.1, 0.15) is 12.0 Å². The molecule has 0 spiro atoms. The van der Waals surface area contributed by atoms with Gasteiger partial charge in [0.25, 0.3) is 0 Å². The van der Waals surface area contributed by atoms with Crippen LogP contribution in [-0.4, -0.2) is 67.6 Å². The van der Waals surface area contributed by atoms with Crippen molar-refractivity contribution in [3.8, 4) is 11.5 Å². The lowest BCUT2D eigenvalue weighted by molar-refractivity contribution is -0.125. The Hall–Kier alpha value is -2.54. The molecule has 2 N–H and O–H groups in total. The first kappa shape index (κ1) is 17.3. The molecule has 7 nitrogen and oxygen atoms in total. The molecule has 1 aromatic carbocycles. The topological polar surface area (TPSA) is 85.1 Å². The summed E-state index contributed by atoms with van der Waals surface area (Å²) in [5.74, 6) is 1.07. The van der Waals surface area contributed by atoms with Crippen LogP contribution in [0.15, 0.2) is 24.3 Å². The fourth-order valence-corrected chi connectivity index (χ4v) is 3.01. The van der Waals surface area contributed by atoms with Crippen molar-refractivity contribution in [3.63, 3.8) is 0 Å². The summed E-state index contributed by atoms with van der Waals surface area (Å²) in [6.45, 7) is 4.05. The Labute approximate surface area is 147 Å². The quantitative estimate of drug-likeness (QED) is 0.803. The maximum atomic E-state index is 12.4. The lowest BCUT2D eigenvalue weighted by Gasteiger charge is -2.20. The van der Waals surface area contributed by atoms with Crippen molar-refractivity contribution in [1.82, 2.24) is 9.80 Å². The van der Waals surface area contributed by atoms with E-state index in [0.717, 1.165) is 24.3 Å². The first-order chi connectivity index (χ1) is 12.1. The minimum Gasteiger partial charge on any atom is -0.486 e. The summed E-state index contributed by atoms with van der Waals surface area (Å²) >= 11 is 0. The molecule has 1 fully saturated rings. The second-order valence-electron chi connectivity index (χ2n) is 6.16. The molecule has 0 aromatic heterocycles. The van der Waals surface area contributed by atoms with Crippen molar-refractivity contribution in [2.75, 3.05) is 45.9 Å². The first-order valence-corrected chi connectivity index (χ1v) is 8.49. The van der Waals surface area contributed by atoms with Gasteiger partial charge in [-0.05, 0) is 30.2 Å². The molecule has 3 rings (SSSR count). The molecule has 0 atom stereocenters. The highest BCUT2D eigenvalue weighted by atomic mass is 16.6. The Morgan fingerprint density at radius 3 is 2.68 bits per heavy atom. The van der Waals surface area contributed by atoms with Crippen LogP contribution in [0, 0.1) is 0 Å². The average Bonchev–Trinajstić information content (AvgIpc) is 2.84. The van der Waals surface area contributed by atoms with Gasteiger partial charge in [0, 0.05) is 32.3 Å². The Balaban J connectivity index is 1.58. The average molecular weight is 345 g/mol. The van der Waals surface area contributed by atoms with E-state index < -0.39 is 0 Å². The fourth-order valence-electron chi connectivity index (χ4n) is 3.01. The predicted octanol–water partition coefficient (Wildman–Crippen LogP) is 0.491. The lowest BCUT2D eigenvalue weighted by Crippen LogP contribution is -2.37. The second-order valence-corrected chi connectivity index (χ2v) is 6.16. The van der Waals surface area contributed by atoms with E-state index in [2.05, 4.69) is 0 Å². The van der Waals surface area contributed by atoms with Crippen molar-refractivity contribution in [2.45, 2.75) is 6.42 Å². The molecule has 0 radical (unpaired) electrons. The van der Waals surface area contributed by atoms with Crippen molar-refractivity contribution < 1.29 is 19.1 Å². The van der Waals surface area contributed by atoms with Crippen molar-refractivity contribution >= 4 is 17.9 Å². The highest BCUT2D eigenvalue weighted by molar-refractivity contribution is 5.92. The Kier molecular flexibility index (Phi) is 5.55. The van der Waals surface area contributed by atoms with Crippen LogP contribution in [0.4, 0.5) is 0 Å². The van der Waals surface area contributed by atoms with Crippen LogP contribution < -0.4 is 15.2 Å². The molecule has 7 heteroatoms. The monoisotopic (exact) mass is 345 g/mol. The lowest BCUT2D eigenvalue weighted by atomic mass is 10.1. The smallest absolute Gasteiger partial charge is 0.246 e. The number of hydrogen-bond acceptors (Lipinski definition) is 5. The summed E-state index contributed by atoms with van der Waals surface area (Å²) in [6, 6.07) is 5.62. The molecule has 2 heterocycles. The molecule has 0 unspecified atom stereocenters. The van der Waals surface area contributed by atoms with E-state index in [0.29, 0.717) is 38.6 Å². The summed E-state index contributed by atoms with van der Waals surface area (Å²) in [5.41, 5.74) is 6.13. The van der Waals surface area contributed by atoms with Gasteiger partial charge in [-0.15, -0.1) is 0 Å². The standard InChI is InChI=1S/C18H23N3O4/c19-17(22)13-20-6-1-7-21(9-8-20)18(23)5-3-14-2-4-15-16(12-14)25-11-10-24-15/h2-5,12H,1,6-11,13H2,(H2,19,22)/b5-3-. The number of benzene rings is 1. The van der Waals surface area contributed by atoms with Crippen molar-refractivity contribution in [1.29, 1.82) is 0 Å². The second kappa shape index (κ2) is 8.02. The van der Waals surface area contributed by atoms with Crippen LogP contribution in [0.25, 0.3) is 6.08 Å². The zero-order valence-electron chi connectivity index (χ0n) is 14.1. The number of nitrogens with two attached hydrogens (primary N) is 1. The van der Waals surface area contributed by atoms with E-state index in [1.807, 2.05) is 23.1 Å². The molecule has 25 heavy (non-hydrogen) atoms. The van der Waals surface area contributed by atoms with E-state index in [1.165, 1.54) is 0 Å². The van der Waals surface area contributed by atoms with Crippen LogP contribution in [0.2, 0.25) is 0 Å². The van der Waals surface area contributed by atoms with Gasteiger partial charge in [0.2, 0.25) is 11.8 Å². The van der Waals surface area contributed by atoms with Gasteiger partial charge in [-0.25, -0.2) is 0 Å². The summed E-state index contributed by atoms with van der Waals surface area (Å²) < 4.78 is 11.0. The number of ether oxygens (including phenoxy) is 2. The third-order valence-corrected chi connectivity index (χ3v) is 4.26. The van der Waals surface area contributed by atoms with E-state index in [-0.39, 0.29) is 18.4 Å². The van der Waals surface area contributed by atoms with Crippen LogP contribution in [0.3, 0.4) is 0 Å². The molecule has 1 saturated heterocycles. The molecule has 1 aromatic rings. The summed E-state index contributed by atoms with van der Waals surface area (Å²) in [5, 5.41) is 0. The third kappa shape index (κ3) is 4.73. The SMILES string of the molecule is NC(=O)CN1CCCN(C(=O)/C=C\c2ccc3c(c2)OCCO3)CC1. The number of carbonyl (C=O) groups excluding carboxylic acids is 2. The first-order valence-electron chi connectivity index (χ1n) is 8.49. The maximum Gasteiger partial charge on any atom is 0.246 e. The van der Waals surface area contributed by atoms with Gasteiger partial charge >= 0.3 is 0 Å². The predicted molar refractivity (Wildman–Crippen MR) is 93.3 cm³/mol. The number of primary amides is 1. The summed E-state index contributed by atoms with van der Waals surface area (Å²) in [7, 11) is 0. The largest absolute Gasteiger partial charge is 0.486 e. The van der Waals surface area contributed by atoms with Gasteiger partial charge < -0.3 is 20.1 Å². The van der Waals surface area contributed by atoms with E-state index >= 15 is 0 Å². The van der Waals surface area contributed by atoms with Gasteiger partial charge in [0.05, 0.1) is 6.54 Å². The molecule has 0 bridgehead atoms. The summed E-state index contributed by atoms with van der Waals surface area (Å²) in [6.07, 6.45) is 4.19. The van der Waals surface area contributed by atoms with Crippen molar-refractivity contribution in [2.24, 2.45) is 5.73 Å². The highest BCUT2D eigenvalue weighted by Crippen LogP contribution is 2.31. The van der Waals surface area contributed by atoms with Crippen LogP contribution in [-0.2, 0) is 9.59 Å². The minimum atomic E-state index is -0.335. The molecule has 2 amide bonds. The number of nitrogens with zero attached hydrogens (tertiary/aromatic N) is 2. The molecular formula is C18H23N3O4. The van der Waals surface area contributed by atoms with Gasteiger partial charge in [0.15, 0.2) is 11.5 Å². The number of fused-ring (bicyclic) bond motifs is 1. The highest BCUT2D eigenvalue weighted by Gasteiger charge is 2.18. The third-order valence-electron chi connectivity index (χ3n) is 4.26. The van der Waals surface area contributed by atoms with Crippen LogP contribution >= 0.6 is 0 Å². The molecule has 0 saturated carbocycles. The van der Waals surface area contributed by atoms with Gasteiger partial charge in [-0.2, -0.15) is 0 Å². The molecular weight excluding hydrogens is 322 g/mol. The fraction of sp³-hybridized carbons (Fsp3) is 0.444. The van der Waals surface area contributed by atoms with Gasteiger partial charge in [-0.1, -0.05) is 6.07 Å². The molecule has 134 valence electrons. The normalized spacial score (nSPS) is 18.2. The van der Waals surface area contributed by atoms with Gasteiger partial charge in [0.1, 0.15) is 13.2 Å². The molecule has 0 aliphatic carbocycles. The number of amides is 2. The zero-order valence-corrected chi connectivity index (χ0v) is 14.1. The Bertz CT molecular complexity index is 674. The van der Waals surface area contributed by atoms with Gasteiger partial charge in [-0.3, -0.25) is 14.5 Å². The van der Waals surface area contributed by atoms with Crippen LogP contribution in [0.5, 0.6) is 11.5 Å². The van der Waals surface area contributed by atoms with E-state index in [9.17, 15) is 9.59 Å². The minimum absolute atomic E-state index is 0.0317. The number of rotatable bonds is 4. The van der Waals surface area contributed by atoms with E-state index in [4.69, 9.17) is 15.2 Å². The maximum absolute atomic E-state index is 12.4. The summed E-state index contributed by atoms with van der Waals surface area (Å²) in [4.78, 5) is 27.2. The number of carbonyl (C=O) groups is 2. The molecule has 2 aliphatic rings. The van der Waals surface area contributed by atoms with E-state index in [1.54, 1.807) is 17.1 Å². The Morgan fingerprint density at radius 1 is 1.08 bits per heavy atom. The Morgan fingerprint density at radius 2 is 1.88 bits per heavy atom. The van der Waals surface area contributed by atoms with Crippen molar-refractivity contribution in [3.05, 3.63) is 29.8 Å². The number of hydrogen-bond donors (Lipinski definition) is 1. The zero-order chi connectivity index (χ0) is 17.6.